The van der Waals surface area contributed by atoms with E-state index in [0.717, 1.165) is 24.8 Å². The average molecular weight is 323 g/mol. The van der Waals surface area contributed by atoms with Crippen molar-refractivity contribution < 1.29 is 9.32 Å². The Balaban J connectivity index is 0.00000176. The zero-order valence-corrected chi connectivity index (χ0v) is 13.2. The number of nitrogens with two attached hydrogens (primary N) is 1. The molecule has 118 valence electrons. The quantitative estimate of drug-likeness (QED) is 0.902. The third-order valence-electron chi connectivity index (χ3n) is 3.83. The first kappa shape index (κ1) is 16.5. The van der Waals surface area contributed by atoms with Crippen LogP contribution in [0.2, 0.25) is 0 Å². The molecule has 1 amide bonds. The van der Waals surface area contributed by atoms with Crippen LogP contribution in [0.3, 0.4) is 0 Å². The molecule has 1 aromatic carbocycles. The van der Waals surface area contributed by atoms with Gasteiger partial charge in [-0.25, -0.2) is 0 Å². The topological polar surface area (TPSA) is 94.0 Å². The number of rotatable bonds is 4. The van der Waals surface area contributed by atoms with Crippen molar-refractivity contribution in [3.05, 3.63) is 30.1 Å². The Bertz CT molecular complexity index is 667. The second-order valence-corrected chi connectivity index (χ2v) is 5.42. The van der Waals surface area contributed by atoms with Crippen molar-refractivity contribution in [1.29, 1.82) is 0 Å². The summed E-state index contributed by atoms with van der Waals surface area (Å²) in [5.41, 5.74) is 7.23. The van der Waals surface area contributed by atoms with Crippen LogP contribution in [-0.2, 0) is 10.3 Å². The van der Waals surface area contributed by atoms with E-state index in [1.54, 1.807) is 0 Å². The smallest absolute Gasteiger partial charge is 0.258 e. The summed E-state index contributed by atoms with van der Waals surface area (Å²) in [6, 6.07) is 7.34. The molecule has 0 aliphatic heterocycles. The molecule has 1 aliphatic rings. The van der Waals surface area contributed by atoms with Crippen molar-refractivity contribution in [2.45, 2.75) is 38.1 Å². The van der Waals surface area contributed by atoms with Gasteiger partial charge in [-0.15, -0.1) is 12.4 Å². The van der Waals surface area contributed by atoms with Crippen LogP contribution in [0.1, 0.15) is 38.4 Å². The molecule has 1 aromatic heterocycles. The highest BCUT2D eigenvalue weighted by molar-refractivity contribution is 5.91. The molecule has 6 nitrogen and oxygen atoms in total. The van der Waals surface area contributed by atoms with Gasteiger partial charge < -0.3 is 15.6 Å². The summed E-state index contributed by atoms with van der Waals surface area (Å²) < 4.78 is 5.31. The second kappa shape index (κ2) is 6.46. The standard InChI is InChI=1S/C15H18N4O2.ClH/c1-2-12(20)17-11-6-3-5-10(9-11)13-18-14(19-21-13)15(16)7-4-8-15;/h3,5-6,9H,2,4,7-8,16H2,1H3,(H,17,20);1H. The van der Waals surface area contributed by atoms with Crippen LogP contribution in [0, 0.1) is 0 Å². The monoisotopic (exact) mass is 322 g/mol. The van der Waals surface area contributed by atoms with E-state index in [4.69, 9.17) is 10.3 Å². The summed E-state index contributed by atoms with van der Waals surface area (Å²) >= 11 is 0. The van der Waals surface area contributed by atoms with Gasteiger partial charge >= 0.3 is 0 Å². The first-order valence-electron chi connectivity index (χ1n) is 7.14. The third-order valence-corrected chi connectivity index (χ3v) is 3.83. The fourth-order valence-corrected chi connectivity index (χ4v) is 2.30. The van der Waals surface area contributed by atoms with Crippen molar-refractivity contribution in [3.63, 3.8) is 0 Å². The first-order valence-corrected chi connectivity index (χ1v) is 7.14. The minimum atomic E-state index is -0.435. The average Bonchev–Trinajstić information content (AvgIpc) is 2.95. The van der Waals surface area contributed by atoms with E-state index in [-0.39, 0.29) is 18.3 Å². The first-order chi connectivity index (χ1) is 10.1. The molecule has 1 saturated carbocycles. The molecule has 0 bridgehead atoms. The zero-order valence-electron chi connectivity index (χ0n) is 12.3. The van der Waals surface area contributed by atoms with Gasteiger partial charge in [0.25, 0.3) is 5.89 Å². The molecule has 0 atom stereocenters. The van der Waals surface area contributed by atoms with E-state index in [1.807, 2.05) is 31.2 Å². The normalized spacial score (nSPS) is 15.5. The van der Waals surface area contributed by atoms with Crippen molar-refractivity contribution in [1.82, 2.24) is 10.1 Å². The number of hydrogen-bond acceptors (Lipinski definition) is 5. The molecule has 7 heteroatoms. The van der Waals surface area contributed by atoms with Crippen LogP contribution in [0.4, 0.5) is 5.69 Å². The molecule has 1 aliphatic carbocycles. The summed E-state index contributed by atoms with van der Waals surface area (Å²) in [5, 5.41) is 6.80. The molecule has 0 spiro atoms. The molecule has 3 N–H and O–H groups in total. The molecule has 1 heterocycles. The Morgan fingerprint density at radius 1 is 1.45 bits per heavy atom. The lowest BCUT2D eigenvalue weighted by molar-refractivity contribution is -0.115. The summed E-state index contributed by atoms with van der Waals surface area (Å²) in [6.07, 6.45) is 3.31. The number of nitrogens with one attached hydrogen (secondary N) is 1. The van der Waals surface area contributed by atoms with Gasteiger partial charge in [0.1, 0.15) is 0 Å². The largest absolute Gasteiger partial charge is 0.334 e. The van der Waals surface area contributed by atoms with Crippen LogP contribution in [0.5, 0.6) is 0 Å². The van der Waals surface area contributed by atoms with E-state index >= 15 is 0 Å². The van der Waals surface area contributed by atoms with E-state index in [0.29, 0.717) is 23.8 Å². The van der Waals surface area contributed by atoms with Gasteiger partial charge in [0.2, 0.25) is 5.91 Å². The van der Waals surface area contributed by atoms with Gasteiger partial charge in [-0.05, 0) is 37.5 Å². The Kier molecular flexibility index (Phi) is 4.83. The van der Waals surface area contributed by atoms with Crippen LogP contribution in [0.25, 0.3) is 11.5 Å². The SMILES string of the molecule is CCC(=O)Nc1cccc(-c2nc(C3(N)CCC3)no2)c1.Cl. The summed E-state index contributed by atoms with van der Waals surface area (Å²) in [6.45, 7) is 1.81. The molecule has 22 heavy (non-hydrogen) atoms. The summed E-state index contributed by atoms with van der Waals surface area (Å²) in [4.78, 5) is 15.8. The molecule has 3 rings (SSSR count). The Morgan fingerprint density at radius 2 is 2.23 bits per heavy atom. The van der Waals surface area contributed by atoms with Crippen LogP contribution in [0.15, 0.2) is 28.8 Å². The lowest BCUT2D eigenvalue weighted by Gasteiger charge is -2.34. The maximum absolute atomic E-state index is 11.4. The number of anilines is 1. The molecular weight excluding hydrogens is 304 g/mol. The van der Waals surface area contributed by atoms with Gasteiger partial charge in [0.05, 0.1) is 5.54 Å². The van der Waals surface area contributed by atoms with Gasteiger partial charge in [-0.2, -0.15) is 4.98 Å². The number of carbonyl (C=O) groups is 1. The maximum atomic E-state index is 11.4. The highest BCUT2D eigenvalue weighted by Crippen LogP contribution is 2.37. The zero-order chi connectivity index (χ0) is 14.9. The number of benzene rings is 1. The summed E-state index contributed by atoms with van der Waals surface area (Å²) in [5.74, 6) is 0.954. The molecule has 1 fully saturated rings. The minimum Gasteiger partial charge on any atom is -0.334 e. The fraction of sp³-hybridized carbons (Fsp3) is 0.400. The number of carbonyl (C=O) groups excluding carboxylic acids is 1. The van der Waals surface area contributed by atoms with E-state index < -0.39 is 5.54 Å². The number of halogens is 1. The Labute approximate surface area is 134 Å². The maximum Gasteiger partial charge on any atom is 0.258 e. The lowest BCUT2D eigenvalue weighted by atomic mass is 9.77. The van der Waals surface area contributed by atoms with Crippen LogP contribution in [-0.4, -0.2) is 16.0 Å². The second-order valence-electron chi connectivity index (χ2n) is 5.42. The third kappa shape index (κ3) is 3.13. The number of aromatic nitrogens is 2. The Morgan fingerprint density at radius 3 is 2.86 bits per heavy atom. The highest BCUT2D eigenvalue weighted by Gasteiger charge is 2.39. The van der Waals surface area contributed by atoms with Crippen LogP contribution >= 0.6 is 12.4 Å². The van der Waals surface area contributed by atoms with E-state index in [1.165, 1.54) is 0 Å². The minimum absolute atomic E-state index is 0. The molecule has 0 radical (unpaired) electrons. The molecule has 2 aromatic rings. The van der Waals surface area contributed by atoms with E-state index in [2.05, 4.69) is 15.5 Å². The number of nitrogens with zero attached hydrogens (tertiary/aromatic N) is 2. The lowest BCUT2D eigenvalue weighted by Crippen LogP contribution is -2.44. The van der Waals surface area contributed by atoms with Crippen molar-refractivity contribution in [3.8, 4) is 11.5 Å². The number of hydrogen-bond donors (Lipinski definition) is 2. The van der Waals surface area contributed by atoms with Gasteiger partial charge in [-0.3, -0.25) is 4.79 Å². The van der Waals surface area contributed by atoms with Gasteiger partial charge in [0, 0.05) is 17.7 Å². The molecular formula is C15H19ClN4O2. The van der Waals surface area contributed by atoms with Crippen molar-refractivity contribution in [2.75, 3.05) is 5.32 Å². The van der Waals surface area contributed by atoms with Crippen LogP contribution < -0.4 is 11.1 Å². The van der Waals surface area contributed by atoms with Crippen molar-refractivity contribution >= 4 is 24.0 Å². The molecule has 0 saturated heterocycles. The molecule has 0 unspecified atom stereocenters. The summed E-state index contributed by atoms with van der Waals surface area (Å²) in [7, 11) is 0. The highest BCUT2D eigenvalue weighted by atomic mass is 35.5. The predicted octanol–water partition coefficient (Wildman–Crippen LogP) is 2.84. The van der Waals surface area contributed by atoms with Gasteiger partial charge in [0.15, 0.2) is 5.82 Å². The Hall–Kier alpha value is -1.92. The predicted molar refractivity (Wildman–Crippen MR) is 85.6 cm³/mol. The number of amides is 1. The van der Waals surface area contributed by atoms with Crippen molar-refractivity contribution in [2.24, 2.45) is 5.73 Å². The fourth-order valence-electron chi connectivity index (χ4n) is 2.30. The van der Waals surface area contributed by atoms with Gasteiger partial charge in [-0.1, -0.05) is 18.1 Å². The van der Waals surface area contributed by atoms with E-state index in [9.17, 15) is 4.79 Å².